The predicted molar refractivity (Wildman–Crippen MR) is 137 cm³/mol. The first-order chi connectivity index (χ1) is 14.9. The zero-order valence-electron chi connectivity index (χ0n) is 20.4. The summed E-state index contributed by atoms with van der Waals surface area (Å²) < 4.78 is 0. The summed E-state index contributed by atoms with van der Waals surface area (Å²) in [7, 11) is 0. The molecule has 0 radical (unpaired) electrons. The minimum Gasteiger partial charge on any atom is -0.0654 e. The van der Waals surface area contributed by atoms with Crippen LogP contribution >= 0.6 is 0 Å². The second kappa shape index (κ2) is 9.35. The summed E-state index contributed by atoms with van der Waals surface area (Å²) in [6.45, 7) is 9.39. The third-order valence-electron chi connectivity index (χ3n) is 7.78. The lowest BCUT2D eigenvalue weighted by atomic mass is 9.69. The summed E-state index contributed by atoms with van der Waals surface area (Å²) in [4.78, 5) is 0. The monoisotopic (exact) mass is 414 g/mol. The van der Waals surface area contributed by atoms with E-state index in [1.807, 2.05) is 0 Å². The highest BCUT2D eigenvalue weighted by Gasteiger charge is 2.32. The number of fused-ring (bicyclic) bond motifs is 1. The first-order valence-corrected chi connectivity index (χ1v) is 12.8. The third-order valence-corrected chi connectivity index (χ3v) is 7.78. The van der Waals surface area contributed by atoms with Crippen molar-refractivity contribution in [2.45, 2.75) is 104 Å². The smallest absolute Gasteiger partial charge is 0.00574 e. The molecule has 0 heterocycles. The first-order valence-electron chi connectivity index (χ1n) is 12.8. The molecule has 0 N–H and O–H groups in total. The molecule has 166 valence electrons. The van der Waals surface area contributed by atoms with E-state index in [2.05, 4.69) is 76.2 Å². The van der Waals surface area contributed by atoms with Gasteiger partial charge in [-0.25, -0.2) is 0 Å². The Labute approximate surface area is 191 Å². The summed E-state index contributed by atoms with van der Waals surface area (Å²) in [6, 6.07) is 16.0. The third kappa shape index (κ3) is 5.00. The highest BCUT2D eigenvalue weighted by molar-refractivity contribution is 5.82. The molecule has 0 amide bonds. The second-order valence-electron chi connectivity index (χ2n) is 11.3. The van der Waals surface area contributed by atoms with Crippen LogP contribution in [0.4, 0.5) is 0 Å². The van der Waals surface area contributed by atoms with Crippen LogP contribution in [0.25, 0.3) is 17.2 Å². The molecular formula is C31H42. The van der Waals surface area contributed by atoms with E-state index in [0.717, 1.165) is 6.42 Å². The van der Waals surface area contributed by atoms with Crippen molar-refractivity contribution in [3.63, 3.8) is 0 Å². The molecule has 0 aliphatic heterocycles. The Morgan fingerprint density at radius 2 is 1.48 bits per heavy atom. The minimum absolute atomic E-state index is 0.147. The molecule has 4 rings (SSSR count). The number of hydrogen-bond acceptors (Lipinski definition) is 0. The van der Waals surface area contributed by atoms with Gasteiger partial charge in [-0.3, -0.25) is 0 Å². The average molecular weight is 415 g/mol. The average Bonchev–Trinajstić information content (AvgIpc) is 3.13. The van der Waals surface area contributed by atoms with Crippen molar-refractivity contribution in [1.82, 2.24) is 0 Å². The van der Waals surface area contributed by atoms with Gasteiger partial charge in [-0.15, -0.1) is 0 Å². The Bertz CT molecular complexity index is 913. The van der Waals surface area contributed by atoms with Crippen LogP contribution in [0.3, 0.4) is 0 Å². The van der Waals surface area contributed by atoms with Crippen LogP contribution in [0.1, 0.15) is 109 Å². The SMILES string of the molecule is CCCC1(CC2=Cc3c(cccc3-c3ccccc3C(C)(C)C)C2)CCCCCCC1. The van der Waals surface area contributed by atoms with Gasteiger partial charge in [-0.1, -0.05) is 120 Å². The Balaban J connectivity index is 1.67. The fourth-order valence-corrected chi connectivity index (χ4v) is 6.34. The molecule has 1 fully saturated rings. The molecule has 0 nitrogen and oxygen atoms in total. The van der Waals surface area contributed by atoms with Crippen molar-refractivity contribution in [2.75, 3.05) is 0 Å². The largest absolute Gasteiger partial charge is 0.0654 e. The molecule has 2 aliphatic rings. The van der Waals surface area contributed by atoms with Gasteiger partial charge in [-0.2, -0.15) is 0 Å². The summed E-state index contributed by atoms with van der Waals surface area (Å²) in [5, 5.41) is 0. The van der Waals surface area contributed by atoms with E-state index in [-0.39, 0.29) is 5.41 Å². The summed E-state index contributed by atoms with van der Waals surface area (Å²) in [6.07, 6.45) is 17.9. The van der Waals surface area contributed by atoms with E-state index in [1.165, 1.54) is 92.0 Å². The Morgan fingerprint density at radius 1 is 0.806 bits per heavy atom. The zero-order valence-corrected chi connectivity index (χ0v) is 20.4. The Kier molecular flexibility index (Phi) is 6.75. The molecule has 2 aliphatic carbocycles. The van der Waals surface area contributed by atoms with Gasteiger partial charge in [0.05, 0.1) is 0 Å². The molecular weight excluding hydrogens is 372 g/mol. The fourth-order valence-electron chi connectivity index (χ4n) is 6.34. The van der Waals surface area contributed by atoms with Crippen molar-refractivity contribution in [3.05, 3.63) is 64.7 Å². The molecule has 31 heavy (non-hydrogen) atoms. The van der Waals surface area contributed by atoms with Gasteiger partial charge in [-0.05, 0) is 70.8 Å². The summed E-state index contributed by atoms with van der Waals surface area (Å²) in [5.41, 5.74) is 9.71. The quantitative estimate of drug-likeness (QED) is 0.457. The highest BCUT2D eigenvalue weighted by Crippen LogP contribution is 2.47. The molecule has 2 aromatic rings. The number of hydrogen-bond donors (Lipinski definition) is 0. The zero-order chi connectivity index (χ0) is 21.9. The maximum atomic E-state index is 2.58. The fraction of sp³-hybridized carbons (Fsp3) is 0.548. The number of allylic oxidation sites excluding steroid dienone is 1. The van der Waals surface area contributed by atoms with Crippen LogP contribution in [0.15, 0.2) is 48.0 Å². The molecule has 0 heteroatoms. The van der Waals surface area contributed by atoms with Gasteiger partial charge in [0.25, 0.3) is 0 Å². The predicted octanol–water partition coefficient (Wildman–Crippen LogP) is 9.51. The van der Waals surface area contributed by atoms with Crippen LogP contribution in [-0.4, -0.2) is 0 Å². The van der Waals surface area contributed by atoms with E-state index in [4.69, 9.17) is 0 Å². The van der Waals surface area contributed by atoms with Crippen LogP contribution in [0.2, 0.25) is 0 Å². The van der Waals surface area contributed by atoms with Crippen molar-refractivity contribution in [3.8, 4) is 11.1 Å². The highest BCUT2D eigenvalue weighted by atomic mass is 14.4. The summed E-state index contributed by atoms with van der Waals surface area (Å²) in [5.74, 6) is 0. The molecule has 0 unspecified atom stereocenters. The summed E-state index contributed by atoms with van der Waals surface area (Å²) >= 11 is 0. The Morgan fingerprint density at radius 3 is 2.19 bits per heavy atom. The van der Waals surface area contributed by atoms with E-state index >= 15 is 0 Å². The molecule has 0 bridgehead atoms. The van der Waals surface area contributed by atoms with Crippen molar-refractivity contribution in [1.29, 1.82) is 0 Å². The normalized spacial score (nSPS) is 18.8. The standard InChI is InChI=1S/C31H42/c1-5-18-31(19-11-7-6-8-12-20-31)23-24-21-25-14-13-16-26(28(25)22-24)27-15-9-10-17-29(27)30(2,3)4/h9-10,13-17,22H,5-8,11-12,18-21,23H2,1-4H3. The maximum Gasteiger partial charge on any atom is -0.00574 e. The first kappa shape index (κ1) is 22.4. The van der Waals surface area contributed by atoms with Crippen LogP contribution in [0.5, 0.6) is 0 Å². The van der Waals surface area contributed by atoms with Crippen molar-refractivity contribution >= 4 is 6.08 Å². The second-order valence-corrected chi connectivity index (χ2v) is 11.3. The van der Waals surface area contributed by atoms with Gasteiger partial charge >= 0.3 is 0 Å². The van der Waals surface area contributed by atoms with Crippen LogP contribution < -0.4 is 0 Å². The van der Waals surface area contributed by atoms with Gasteiger partial charge in [0.1, 0.15) is 0 Å². The van der Waals surface area contributed by atoms with Crippen molar-refractivity contribution in [2.24, 2.45) is 5.41 Å². The maximum absolute atomic E-state index is 2.58. The lowest BCUT2D eigenvalue weighted by molar-refractivity contribution is 0.187. The molecule has 2 aromatic carbocycles. The van der Waals surface area contributed by atoms with Crippen LogP contribution in [-0.2, 0) is 11.8 Å². The lowest BCUT2D eigenvalue weighted by Crippen LogP contribution is -2.23. The minimum atomic E-state index is 0.147. The lowest BCUT2D eigenvalue weighted by Gasteiger charge is -2.36. The molecule has 1 saturated carbocycles. The van der Waals surface area contributed by atoms with Gasteiger partial charge < -0.3 is 0 Å². The van der Waals surface area contributed by atoms with E-state index in [9.17, 15) is 0 Å². The molecule has 0 saturated heterocycles. The van der Waals surface area contributed by atoms with E-state index in [1.54, 1.807) is 5.57 Å². The van der Waals surface area contributed by atoms with E-state index in [0.29, 0.717) is 5.41 Å². The van der Waals surface area contributed by atoms with E-state index < -0.39 is 0 Å². The van der Waals surface area contributed by atoms with Crippen molar-refractivity contribution < 1.29 is 0 Å². The molecule has 0 atom stereocenters. The van der Waals surface area contributed by atoms with Gasteiger partial charge in [0.15, 0.2) is 0 Å². The number of benzene rings is 2. The Hall–Kier alpha value is -1.82. The molecule has 0 aromatic heterocycles. The van der Waals surface area contributed by atoms with Gasteiger partial charge in [0, 0.05) is 0 Å². The van der Waals surface area contributed by atoms with Gasteiger partial charge in [0.2, 0.25) is 0 Å². The molecule has 0 spiro atoms. The topological polar surface area (TPSA) is 0 Å². The van der Waals surface area contributed by atoms with Crippen LogP contribution in [0, 0.1) is 5.41 Å². The number of rotatable bonds is 5.